The van der Waals surface area contributed by atoms with Gasteiger partial charge in [0.2, 0.25) is 5.89 Å². The lowest BCUT2D eigenvalue weighted by Crippen LogP contribution is -2.25. The minimum absolute atomic E-state index is 0.225. The van der Waals surface area contributed by atoms with E-state index in [1.807, 2.05) is 60.7 Å². The van der Waals surface area contributed by atoms with Gasteiger partial charge in [-0.05, 0) is 24.1 Å². The molecule has 0 spiro atoms. The predicted octanol–water partition coefficient (Wildman–Crippen LogP) is 3.20. The van der Waals surface area contributed by atoms with Crippen molar-refractivity contribution in [3.63, 3.8) is 0 Å². The summed E-state index contributed by atoms with van der Waals surface area (Å²) in [5, 5.41) is 12.8. The standard InChI is InChI=1S/C19H18N2O3/c22-17(14-7-3-1-4-8-14)11-12-20-18(23)16-13-24-19(21-16)15-9-5-2-6-10-15/h1-10,13,17,22H,11-12H2,(H,20,23). The lowest BCUT2D eigenvalue weighted by atomic mass is 10.1. The van der Waals surface area contributed by atoms with Gasteiger partial charge in [-0.25, -0.2) is 4.98 Å². The maximum absolute atomic E-state index is 12.1. The molecule has 3 aromatic rings. The van der Waals surface area contributed by atoms with Crippen LogP contribution in [0.2, 0.25) is 0 Å². The van der Waals surface area contributed by atoms with Crippen molar-refractivity contribution in [3.05, 3.63) is 78.2 Å². The molecule has 0 radical (unpaired) electrons. The van der Waals surface area contributed by atoms with E-state index in [0.29, 0.717) is 18.9 Å². The predicted molar refractivity (Wildman–Crippen MR) is 90.3 cm³/mol. The van der Waals surface area contributed by atoms with Crippen LogP contribution >= 0.6 is 0 Å². The number of carbonyl (C=O) groups excluding carboxylic acids is 1. The summed E-state index contributed by atoms with van der Waals surface area (Å²) in [6, 6.07) is 18.7. The highest BCUT2D eigenvalue weighted by Crippen LogP contribution is 2.18. The van der Waals surface area contributed by atoms with E-state index in [-0.39, 0.29) is 11.6 Å². The molecule has 122 valence electrons. The van der Waals surface area contributed by atoms with Crippen LogP contribution in [0.3, 0.4) is 0 Å². The first-order valence-corrected chi connectivity index (χ1v) is 7.76. The molecule has 3 rings (SSSR count). The SMILES string of the molecule is O=C(NCCC(O)c1ccccc1)c1coc(-c2ccccc2)n1. The highest BCUT2D eigenvalue weighted by atomic mass is 16.3. The fraction of sp³-hybridized carbons (Fsp3) is 0.158. The van der Waals surface area contributed by atoms with Crippen LogP contribution in [0.4, 0.5) is 0 Å². The van der Waals surface area contributed by atoms with Gasteiger partial charge in [-0.3, -0.25) is 4.79 Å². The van der Waals surface area contributed by atoms with Crippen LogP contribution in [-0.2, 0) is 0 Å². The zero-order valence-corrected chi connectivity index (χ0v) is 13.1. The monoisotopic (exact) mass is 322 g/mol. The number of aromatic nitrogens is 1. The zero-order chi connectivity index (χ0) is 16.8. The van der Waals surface area contributed by atoms with Crippen molar-refractivity contribution in [3.8, 4) is 11.5 Å². The van der Waals surface area contributed by atoms with Crippen LogP contribution in [0.5, 0.6) is 0 Å². The molecule has 5 nitrogen and oxygen atoms in total. The molecule has 24 heavy (non-hydrogen) atoms. The average Bonchev–Trinajstić information content (AvgIpc) is 3.13. The molecule has 1 atom stereocenters. The van der Waals surface area contributed by atoms with Crippen molar-refractivity contribution >= 4 is 5.91 Å². The Hall–Kier alpha value is -2.92. The van der Waals surface area contributed by atoms with E-state index in [2.05, 4.69) is 10.3 Å². The Kier molecular flexibility index (Phi) is 5.03. The van der Waals surface area contributed by atoms with Crippen LogP contribution in [0.25, 0.3) is 11.5 Å². The Morgan fingerprint density at radius 2 is 1.75 bits per heavy atom. The largest absolute Gasteiger partial charge is 0.444 e. The van der Waals surface area contributed by atoms with Crippen molar-refractivity contribution in [2.45, 2.75) is 12.5 Å². The van der Waals surface area contributed by atoms with Gasteiger partial charge < -0.3 is 14.8 Å². The number of nitrogens with one attached hydrogen (secondary N) is 1. The van der Waals surface area contributed by atoms with Gasteiger partial charge in [-0.1, -0.05) is 48.5 Å². The number of hydrogen-bond acceptors (Lipinski definition) is 4. The molecule has 0 fully saturated rings. The molecule has 1 amide bonds. The molecule has 0 saturated heterocycles. The third-order valence-corrected chi connectivity index (χ3v) is 3.65. The molecule has 5 heteroatoms. The van der Waals surface area contributed by atoms with Gasteiger partial charge in [-0.15, -0.1) is 0 Å². The summed E-state index contributed by atoms with van der Waals surface area (Å²) < 4.78 is 5.35. The smallest absolute Gasteiger partial charge is 0.273 e. The molecule has 1 aromatic heterocycles. The van der Waals surface area contributed by atoms with Gasteiger partial charge in [0.15, 0.2) is 5.69 Å². The van der Waals surface area contributed by atoms with Crippen LogP contribution < -0.4 is 5.32 Å². The van der Waals surface area contributed by atoms with Gasteiger partial charge in [0, 0.05) is 12.1 Å². The quantitative estimate of drug-likeness (QED) is 0.731. The summed E-state index contributed by atoms with van der Waals surface area (Å²) in [5.74, 6) is 0.0891. The normalized spacial score (nSPS) is 11.9. The number of oxazole rings is 1. The van der Waals surface area contributed by atoms with Gasteiger partial charge in [0.05, 0.1) is 6.10 Å². The van der Waals surface area contributed by atoms with E-state index in [4.69, 9.17) is 4.42 Å². The van der Waals surface area contributed by atoms with Gasteiger partial charge in [0.25, 0.3) is 5.91 Å². The third-order valence-electron chi connectivity index (χ3n) is 3.65. The molecule has 2 aromatic carbocycles. The van der Waals surface area contributed by atoms with E-state index >= 15 is 0 Å². The molecule has 0 bridgehead atoms. The molecule has 0 aliphatic carbocycles. The topological polar surface area (TPSA) is 75.4 Å². The minimum atomic E-state index is -0.608. The fourth-order valence-corrected chi connectivity index (χ4v) is 2.35. The lowest BCUT2D eigenvalue weighted by Gasteiger charge is -2.10. The Labute approximate surface area is 140 Å². The lowest BCUT2D eigenvalue weighted by molar-refractivity contribution is 0.0937. The van der Waals surface area contributed by atoms with Crippen molar-refractivity contribution < 1.29 is 14.3 Å². The second-order valence-corrected chi connectivity index (χ2v) is 5.37. The highest BCUT2D eigenvalue weighted by Gasteiger charge is 2.14. The maximum atomic E-state index is 12.1. The highest BCUT2D eigenvalue weighted by molar-refractivity contribution is 5.92. The third kappa shape index (κ3) is 3.88. The number of nitrogens with zero attached hydrogens (tertiary/aromatic N) is 1. The van der Waals surface area contributed by atoms with Gasteiger partial charge in [-0.2, -0.15) is 0 Å². The van der Waals surface area contributed by atoms with Crippen molar-refractivity contribution in [1.29, 1.82) is 0 Å². The number of benzene rings is 2. The molecule has 0 saturated carbocycles. The number of rotatable bonds is 6. The number of amides is 1. The first-order valence-electron chi connectivity index (χ1n) is 7.76. The Morgan fingerprint density at radius 3 is 2.46 bits per heavy atom. The number of carbonyl (C=O) groups is 1. The molecular weight excluding hydrogens is 304 g/mol. The molecular formula is C19H18N2O3. The van der Waals surface area contributed by atoms with Crippen LogP contribution in [0.1, 0.15) is 28.6 Å². The van der Waals surface area contributed by atoms with Crippen molar-refractivity contribution in [2.75, 3.05) is 6.54 Å². The molecule has 0 aliphatic heterocycles. The van der Waals surface area contributed by atoms with Crippen LogP contribution in [0, 0.1) is 0 Å². The molecule has 0 aliphatic rings. The van der Waals surface area contributed by atoms with Gasteiger partial charge >= 0.3 is 0 Å². The summed E-state index contributed by atoms with van der Waals surface area (Å²) >= 11 is 0. The van der Waals surface area contributed by atoms with Gasteiger partial charge in [0.1, 0.15) is 6.26 Å². The van der Waals surface area contributed by atoms with E-state index < -0.39 is 6.10 Å². The van der Waals surface area contributed by atoms with E-state index in [0.717, 1.165) is 11.1 Å². The second kappa shape index (κ2) is 7.57. The zero-order valence-electron chi connectivity index (χ0n) is 13.1. The van der Waals surface area contributed by atoms with E-state index in [9.17, 15) is 9.90 Å². The Bertz CT molecular complexity index is 785. The van der Waals surface area contributed by atoms with Crippen LogP contribution in [-0.4, -0.2) is 22.5 Å². The first-order chi connectivity index (χ1) is 11.7. The van der Waals surface area contributed by atoms with Crippen molar-refractivity contribution in [2.24, 2.45) is 0 Å². The molecule has 1 heterocycles. The summed E-state index contributed by atoms with van der Waals surface area (Å²) in [7, 11) is 0. The first kappa shape index (κ1) is 16.0. The minimum Gasteiger partial charge on any atom is -0.444 e. The summed E-state index contributed by atoms with van der Waals surface area (Å²) in [6.45, 7) is 0.350. The van der Waals surface area contributed by atoms with Crippen molar-refractivity contribution in [1.82, 2.24) is 10.3 Å². The maximum Gasteiger partial charge on any atom is 0.273 e. The molecule has 1 unspecified atom stereocenters. The van der Waals surface area contributed by atoms with E-state index in [1.165, 1.54) is 6.26 Å². The Balaban J connectivity index is 1.53. The van der Waals surface area contributed by atoms with Crippen LogP contribution in [0.15, 0.2) is 71.3 Å². The number of aliphatic hydroxyl groups is 1. The summed E-state index contributed by atoms with van der Waals surface area (Å²) in [6.07, 6.45) is 1.16. The second-order valence-electron chi connectivity index (χ2n) is 5.37. The Morgan fingerprint density at radius 1 is 1.08 bits per heavy atom. The van der Waals surface area contributed by atoms with E-state index in [1.54, 1.807) is 0 Å². The fourth-order valence-electron chi connectivity index (χ4n) is 2.35. The molecule has 2 N–H and O–H groups in total. The summed E-state index contributed by atoms with van der Waals surface area (Å²) in [5.41, 5.74) is 1.87. The number of hydrogen-bond donors (Lipinski definition) is 2. The summed E-state index contributed by atoms with van der Waals surface area (Å²) in [4.78, 5) is 16.3. The average molecular weight is 322 g/mol. The number of aliphatic hydroxyl groups excluding tert-OH is 1.